The van der Waals surface area contributed by atoms with Crippen LogP contribution in [0.2, 0.25) is 0 Å². The molecule has 2 aromatic carbocycles. The predicted molar refractivity (Wildman–Crippen MR) is 116 cm³/mol. The molecule has 156 valence electrons. The molecule has 0 aliphatic carbocycles. The van der Waals surface area contributed by atoms with E-state index in [0.29, 0.717) is 22.5 Å². The number of aliphatic hydroxyl groups is 1. The van der Waals surface area contributed by atoms with Gasteiger partial charge in [0.2, 0.25) is 0 Å². The van der Waals surface area contributed by atoms with Crippen LogP contribution in [0.4, 0.5) is 5.69 Å². The van der Waals surface area contributed by atoms with E-state index in [2.05, 4.69) is 10.3 Å². The normalized spacial score (nSPS) is 12.8. The van der Waals surface area contributed by atoms with Crippen molar-refractivity contribution >= 4 is 17.6 Å². The van der Waals surface area contributed by atoms with E-state index in [1.165, 1.54) is 6.92 Å². The number of rotatable bonds is 6. The van der Waals surface area contributed by atoms with Crippen molar-refractivity contribution in [1.29, 1.82) is 0 Å². The van der Waals surface area contributed by atoms with Crippen LogP contribution >= 0.6 is 0 Å². The smallest absolute Gasteiger partial charge is 0.355 e. The second-order valence-corrected chi connectivity index (χ2v) is 7.29. The third-order valence-corrected chi connectivity index (χ3v) is 5.04. The Morgan fingerprint density at radius 2 is 1.63 bits per heavy atom. The van der Waals surface area contributed by atoms with Crippen molar-refractivity contribution in [1.82, 2.24) is 4.98 Å². The Morgan fingerprint density at radius 1 is 1.00 bits per heavy atom. The SMILES string of the molecule is Cc1[nH]c(C(=O)O[C@@H](C)C(=O)Nc2ccccc2-c2ccccc2)c(C)c1[C@@H](C)O. The Hall–Kier alpha value is -3.38. The van der Waals surface area contributed by atoms with E-state index in [4.69, 9.17) is 4.74 Å². The monoisotopic (exact) mass is 406 g/mol. The zero-order valence-electron chi connectivity index (χ0n) is 17.5. The molecule has 0 unspecified atom stereocenters. The van der Waals surface area contributed by atoms with Crippen molar-refractivity contribution in [2.75, 3.05) is 5.32 Å². The van der Waals surface area contributed by atoms with Gasteiger partial charge in [-0.2, -0.15) is 0 Å². The Balaban J connectivity index is 1.74. The van der Waals surface area contributed by atoms with Crippen LogP contribution in [0.5, 0.6) is 0 Å². The van der Waals surface area contributed by atoms with Crippen molar-refractivity contribution in [3.8, 4) is 11.1 Å². The van der Waals surface area contributed by atoms with Crippen molar-refractivity contribution < 1.29 is 19.4 Å². The third kappa shape index (κ3) is 4.44. The number of para-hydroxylation sites is 1. The molecule has 0 fully saturated rings. The molecule has 6 heteroatoms. The molecule has 0 saturated carbocycles. The summed E-state index contributed by atoms with van der Waals surface area (Å²) in [4.78, 5) is 28.2. The van der Waals surface area contributed by atoms with Gasteiger partial charge < -0.3 is 20.1 Å². The maximum Gasteiger partial charge on any atom is 0.355 e. The molecule has 3 N–H and O–H groups in total. The van der Waals surface area contributed by atoms with Gasteiger partial charge in [0.25, 0.3) is 5.91 Å². The lowest BCUT2D eigenvalue weighted by atomic mass is 10.0. The number of benzene rings is 2. The molecular weight excluding hydrogens is 380 g/mol. The van der Waals surface area contributed by atoms with Crippen LogP contribution in [-0.4, -0.2) is 28.1 Å². The number of carbonyl (C=O) groups excluding carboxylic acids is 2. The number of hydrogen-bond donors (Lipinski definition) is 3. The molecule has 0 aliphatic rings. The van der Waals surface area contributed by atoms with Gasteiger partial charge in [0.1, 0.15) is 5.69 Å². The van der Waals surface area contributed by atoms with Crippen molar-refractivity contribution in [3.05, 3.63) is 77.1 Å². The third-order valence-electron chi connectivity index (χ3n) is 5.04. The molecule has 30 heavy (non-hydrogen) atoms. The topological polar surface area (TPSA) is 91.4 Å². The molecule has 3 aromatic rings. The number of aryl methyl sites for hydroxylation is 1. The highest BCUT2D eigenvalue weighted by Gasteiger charge is 2.25. The Labute approximate surface area is 175 Å². The Morgan fingerprint density at radius 3 is 2.27 bits per heavy atom. The summed E-state index contributed by atoms with van der Waals surface area (Å²) in [6.07, 6.45) is -1.71. The van der Waals surface area contributed by atoms with E-state index >= 15 is 0 Å². The number of aromatic nitrogens is 1. The molecule has 1 heterocycles. The summed E-state index contributed by atoms with van der Waals surface area (Å²) in [5, 5.41) is 12.7. The summed E-state index contributed by atoms with van der Waals surface area (Å²) in [7, 11) is 0. The number of carbonyl (C=O) groups is 2. The fourth-order valence-corrected chi connectivity index (χ4v) is 3.56. The van der Waals surface area contributed by atoms with Gasteiger partial charge in [0, 0.05) is 22.5 Å². The molecular formula is C24H26N2O4. The van der Waals surface area contributed by atoms with Gasteiger partial charge in [-0.15, -0.1) is 0 Å². The zero-order chi connectivity index (χ0) is 21.8. The van der Waals surface area contributed by atoms with E-state index in [0.717, 1.165) is 11.1 Å². The number of aromatic amines is 1. The summed E-state index contributed by atoms with van der Waals surface area (Å²) in [5.41, 5.74) is 4.71. The molecule has 6 nitrogen and oxygen atoms in total. The maximum atomic E-state index is 12.7. The van der Waals surface area contributed by atoms with Gasteiger partial charge in [-0.25, -0.2) is 4.79 Å². The summed E-state index contributed by atoms with van der Waals surface area (Å²) < 4.78 is 5.38. The lowest BCUT2D eigenvalue weighted by Gasteiger charge is -2.16. The van der Waals surface area contributed by atoms with E-state index in [9.17, 15) is 14.7 Å². The minimum absolute atomic E-state index is 0.243. The minimum atomic E-state index is -1.00. The fraction of sp³-hybridized carbons (Fsp3) is 0.250. The van der Waals surface area contributed by atoms with E-state index < -0.39 is 24.1 Å². The van der Waals surface area contributed by atoms with Crippen LogP contribution in [0.1, 0.15) is 47.3 Å². The highest BCUT2D eigenvalue weighted by atomic mass is 16.5. The number of esters is 1. The number of anilines is 1. The first kappa shape index (κ1) is 21.3. The highest BCUT2D eigenvalue weighted by Crippen LogP contribution is 2.28. The minimum Gasteiger partial charge on any atom is -0.448 e. The highest BCUT2D eigenvalue weighted by molar-refractivity contribution is 6.00. The van der Waals surface area contributed by atoms with Gasteiger partial charge in [-0.05, 0) is 44.9 Å². The van der Waals surface area contributed by atoms with Crippen molar-refractivity contribution in [2.24, 2.45) is 0 Å². The predicted octanol–water partition coefficient (Wildman–Crippen LogP) is 4.54. The van der Waals surface area contributed by atoms with E-state index in [1.54, 1.807) is 20.8 Å². The molecule has 1 amide bonds. The number of hydrogen-bond acceptors (Lipinski definition) is 4. The second-order valence-electron chi connectivity index (χ2n) is 7.29. The van der Waals surface area contributed by atoms with Gasteiger partial charge in [-0.3, -0.25) is 4.79 Å². The molecule has 0 saturated heterocycles. The largest absolute Gasteiger partial charge is 0.448 e. The van der Waals surface area contributed by atoms with Crippen molar-refractivity contribution in [3.63, 3.8) is 0 Å². The summed E-state index contributed by atoms with van der Waals surface area (Å²) >= 11 is 0. The average molecular weight is 406 g/mol. The van der Waals surface area contributed by atoms with Gasteiger partial charge in [0.15, 0.2) is 6.10 Å². The van der Waals surface area contributed by atoms with Crippen LogP contribution in [0.15, 0.2) is 54.6 Å². The van der Waals surface area contributed by atoms with Gasteiger partial charge in [0.05, 0.1) is 6.10 Å². The van der Waals surface area contributed by atoms with Crippen LogP contribution in [-0.2, 0) is 9.53 Å². The van der Waals surface area contributed by atoms with Crippen LogP contribution in [0.3, 0.4) is 0 Å². The first-order valence-corrected chi connectivity index (χ1v) is 9.83. The van der Waals surface area contributed by atoms with E-state index in [-0.39, 0.29) is 5.69 Å². The molecule has 0 aliphatic heterocycles. The number of aliphatic hydroxyl groups excluding tert-OH is 1. The first-order chi connectivity index (χ1) is 14.3. The molecule has 3 rings (SSSR count). The molecule has 1 aromatic heterocycles. The van der Waals surface area contributed by atoms with Gasteiger partial charge in [-0.1, -0.05) is 48.5 Å². The molecule has 0 radical (unpaired) electrons. The van der Waals surface area contributed by atoms with Crippen LogP contribution in [0.25, 0.3) is 11.1 Å². The number of H-pyrrole nitrogens is 1. The summed E-state index contributed by atoms with van der Waals surface area (Å²) in [6.45, 7) is 6.68. The summed E-state index contributed by atoms with van der Waals surface area (Å²) in [6, 6.07) is 17.2. The fourth-order valence-electron chi connectivity index (χ4n) is 3.56. The quantitative estimate of drug-likeness (QED) is 0.524. The van der Waals surface area contributed by atoms with Crippen LogP contribution in [0, 0.1) is 13.8 Å². The molecule has 0 bridgehead atoms. The van der Waals surface area contributed by atoms with Gasteiger partial charge >= 0.3 is 5.97 Å². The Bertz CT molecular complexity index is 1050. The lowest BCUT2D eigenvalue weighted by Crippen LogP contribution is -2.30. The Kier molecular flexibility index (Phi) is 6.37. The van der Waals surface area contributed by atoms with Crippen molar-refractivity contribution in [2.45, 2.75) is 39.9 Å². The second kappa shape index (κ2) is 8.97. The summed E-state index contributed by atoms with van der Waals surface area (Å²) in [5.74, 6) is -1.06. The average Bonchev–Trinajstić information content (AvgIpc) is 3.03. The molecule has 2 atom stereocenters. The standard InChI is InChI=1S/C24H26N2O4/c1-14-21(16(3)27)15(2)25-22(14)24(29)30-17(4)23(28)26-20-13-9-8-12-19(20)18-10-6-5-7-11-18/h5-13,16-17,25,27H,1-4H3,(H,26,28)/t16-,17+/m1/s1. The number of ether oxygens (including phenoxy) is 1. The number of nitrogens with one attached hydrogen (secondary N) is 2. The number of amides is 1. The molecule has 0 spiro atoms. The zero-order valence-corrected chi connectivity index (χ0v) is 17.5. The van der Waals surface area contributed by atoms with E-state index in [1.807, 2.05) is 54.6 Å². The maximum absolute atomic E-state index is 12.7. The lowest BCUT2D eigenvalue weighted by molar-refractivity contribution is -0.123. The van der Waals surface area contributed by atoms with Crippen LogP contribution < -0.4 is 5.32 Å². The first-order valence-electron chi connectivity index (χ1n) is 9.83.